The zero-order valence-corrected chi connectivity index (χ0v) is 20.6. The zero-order chi connectivity index (χ0) is 24.0. The number of likely N-dealkylation sites (tertiary alicyclic amines) is 1. The predicted molar refractivity (Wildman–Crippen MR) is 126 cm³/mol. The standard InChI is InChI=1S/C23H36N4O5S/c1-17(2)18(3)24-23(29)19-7-9-26(10-8-19)16-22(28)25-20-5-4-6-21(15-20)33(30,31)27-11-13-32-14-12-27/h4-6,15,17-19H,7-14,16H2,1-3H3,(H,24,29)(H,25,28). The highest BCUT2D eigenvalue weighted by Gasteiger charge is 2.28. The molecule has 33 heavy (non-hydrogen) atoms. The van der Waals surface area contributed by atoms with Crippen molar-refractivity contribution in [1.82, 2.24) is 14.5 Å². The largest absolute Gasteiger partial charge is 0.379 e. The highest BCUT2D eigenvalue weighted by atomic mass is 32.2. The van der Waals surface area contributed by atoms with Gasteiger partial charge in [-0.25, -0.2) is 8.42 Å². The van der Waals surface area contributed by atoms with E-state index in [1.54, 1.807) is 12.1 Å². The predicted octanol–water partition coefficient (Wildman–Crippen LogP) is 1.52. The Bertz CT molecular complexity index is 923. The van der Waals surface area contributed by atoms with E-state index < -0.39 is 10.0 Å². The van der Waals surface area contributed by atoms with E-state index in [9.17, 15) is 18.0 Å². The molecule has 0 bridgehead atoms. The van der Waals surface area contributed by atoms with Crippen molar-refractivity contribution in [3.05, 3.63) is 24.3 Å². The van der Waals surface area contributed by atoms with E-state index in [0.29, 0.717) is 51.0 Å². The van der Waals surface area contributed by atoms with Gasteiger partial charge in [-0.2, -0.15) is 4.31 Å². The van der Waals surface area contributed by atoms with Crippen molar-refractivity contribution in [3.8, 4) is 0 Å². The monoisotopic (exact) mass is 480 g/mol. The number of sulfonamides is 1. The fraction of sp³-hybridized carbons (Fsp3) is 0.652. The fourth-order valence-corrected chi connectivity index (χ4v) is 5.39. The first-order valence-electron chi connectivity index (χ1n) is 11.7. The van der Waals surface area contributed by atoms with E-state index in [2.05, 4.69) is 24.5 Å². The molecule has 9 nitrogen and oxygen atoms in total. The molecule has 2 heterocycles. The van der Waals surface area contributed by atoms with E-state index in [0.717, 1.165) is 12.8 Å². The van der Waals surface area contributed by atoms with Gasteiger partial charge in [0.15, 0.2) is 0 Å². The van der Waals surface area contributed by atoms with Gasteiger partial charge in [-0.15, -0.1) is 0 Å². The molecule has 0 saturated carbocycles. The van der Waals surface area contributed by atoms with Gasteiger partial charge in [-0.05, 0) is 57.0 Å². The molecule has 2 aliphatic rings. The summed E-state index contributed by atoms with van der Waals surface area (Å²) >= 11 is 0. The lowest BCUT2D eigenvalue weighted by molar-refractivity contribution is -0.127. The number of morpholine rings is 1. The quantitative estimate of drug-likeness (QED) is 0.584. The third kappa shape index (κ3) is 6.99. The number of carbonyl (C=O) groups is 2. The van der Waals surface area contributed by atoms with Gasteiger partial charge in [0.25, 0.3) is 0 Å². The number of piperidine rings is 1. The number of nitrogens with one attached hydrogen (secondary N) is 2. The van der Waals surface area contributed by atoms with Crippen LogP contribution in [0.5, 0.6) is 0 Å². The van der Waals surface area contributed by atoms with Crippen molar-refractivity contribution in [3.63, 3.8) is 0 Å². The molecular formula is C23H36N4O5S. The zero-order valence-electron chi connectivity index (χ0n) is 19.7. The molecule has 10 heteroatoms. The van der Waals surface area contributed by atoms with Gasteiger partial charge in [0.05, 0.1) is 24.7 Å². The Morgan fingerprint density at radius 2 is 1.76 bits per heavy atom. The summed E-state index contributed by atoms with van der Waals surface area (Å²) in [6, 6.07) is 6.49. The van der Waals surface area contributed by atoms with Crippen molar-refractivity contribution < 1.29 is 22.7 Å². The van der Waals surface area contributed by atoms with Crippen molar-refractivity contribution in [2.24, 2.45) is 11.8 Å². The number of hydrogen-bond donors (Lipinski definition) is 2. The van der Waals surface area contributed by atoms with Crippen LogP contribution in [-0.4, -0.2) is 81.4 Å². The summed E-state index contributed by atoms with van der Waals surface area (Å²) in [5, 5.41) is 5.89. The van der Waals surface area contributed by atoms with Crippen LogP contribution in [0.2, 0.25) is 0 Å². The van der Waals surface area contributed by atoms with E-state index in [-0.39, 0.29) is 35.2 Å². The molecule has 0 aliphatic carbocycles. The van der Waals surface area contributed by atoms with Crippen LogP contribution in [-0.2, 0) is 24.3 Å². The average molecular weight is 481 g/mol. The number of benzene rings is 1. The molecule has 2 N–H and O–H groups in total. The maximum Gasteiger partial charge on any atom is 0.243 e. The van der Waals surface area contributed by atoms with E-state index in [1.165, 1.54) is 16.4 Å². The first-order chi connectivity index (χ1) is 15.7. The summed E-state index contributed by atoms with van der Waals surface area (Å²) in [7, 11) is -3.62. The average Bonchev–Trinajstić information content (AvgIpc) is 2.80. The summed E-state index contributed by atoms with van der Waals surface area (Å²) in [4.78, 5) is 27.2. The maximum atomic E-state index is 12.8. The minimum Gasteiger partial charge on any atom is -0.379 e. The Morgan fingerprint density at radius 3 is 2.39 bits per heavy atom. The van der Waals surface area contributed by atoms with Crippen LogP contribution in [0, 0.1) is 11.8 Å². The maximum absolute atomic E-state index is 12.8. The molecule has 2 aliphatic heterocycles. The van der Waals surface area contributed by atoms with Gasteiger partial charge in [0.2, 0.25) is 21.8 Å². The molecule has 1 atom stereocenters. The molecule has 3 rings (SSSR count). The summed E-state index contributed by atoms with van der Waals surface area (Å²) in [5.74, 6) is 0.263. The lowest BCUT2D eigenvalue weighted by atomic mass is 9.95. The van der Waals surface area contributed by atoms with Crippen LogP contribution in [0.25, 0.3) is 0 Å². The molecule has 1 aromatic carbocycles. The Morgan fingerprint density at radius 1 is 1.09 bits per heavy atom. The summed E-state index contributed by atoms with van der Waals surface area (Å²) < 4.78 is 32.3. The fourth-order valence-electron chi connectivity index (χ4n) is 3.94. The molecule has 0 radical (unpaired) electrons. The topological polar surface area (TPSA) is 108 Å². The van der Waals surface area contributed by atoms with Crippen LogP contribution < -0.4 is 10.6 Å². The van der Waals surface area contributed by atoms with Crippen LogP contribution >= 0.6 is 0 Å². The van der Waals surface area contributed by atoms with Gasteiger partial charge >= 0.3 is 0 Å². The second-order valence-electron chi connectivity index (χ2n) is 9.18. The lowest BCUT2D eigenvalue weighted by Crippen LogP contribution is -2.45. The minimum absolute atomic E-state index is 0.0208. The normalized spacial score (nSPS) is 19.9. The Labute approximate surface area is 196 Å². The third-order valence-corrected chi connectivity index (χ3v) is 8.32. The molecule has 1 unspecified atom stereocenters. The van der Waals surface area contributed by atoms with Crippen molar-refractivity contribution in [1.29, 1.82) is 0 Å². The number of ether oxygens (including phenoxy) is 1. The minimum atomic E-state index is -3.62. The van der Waals surface area contributed by atoms with Crippen molar-refractivity contribution >= 4 is 27.5 Å². The van der Waals surface area contributed by atoms with E-state index in [4.69, 9.17) is 4.74 Å². The Balaban J connectivity index is 1.50. The smallest absolute Gasteiger partial charge is 0.243 e. The van der Waals surface area contributed by atoms with E-state index in [1.807, 2.05) is 11.8 Å². The number of nitrogens with zero attached hydrogens (tertiary/aromatic N) is 2. The molecule has 2 amide bonds. The van der Waals surface area contributed by atoms with E-state index >= 15 is 0 Å². The molecule has 2 saturated heterocycles. The Hall–Kier alpha value is -2.01. The SMILES string of the molecule is CC(C)C(C)NC(=O)C1CCN(CC(=O)Nc2cccc(S(=O)(=O)N3CCOCC3)c2)CC1. The highest BCUT2D eigenvalue weighted by Crippen LogP contribution is 2.21. The second kappa shape index (κ2) is 11.4. The van der Waals surface area contributed by atoms with Crippen LogP contribution in [0.4, 0.5) is 5.69 Å². The third-order valence-electron chi connectivity index (χ3n) is 6.42. The number of carbonyl (C=O) groups excluding carboxylic acids is 2. The number of anilines is 1. The van der Waals surface area contributed by atoms with Crippen molar-refractivity contribution in [2.75, 3.05) is 51.3 Å². The van der Waals surface area contributed by atoms with Crippen LogP contribution in [0.1, 0.15) is 33.6 Å². The van der Waals surface area contributed by atoms with Crippen LogP contribution in [0.15, 0.2) is 29.2 Å². The van der Waals surface area contributed by atoms with Crippen LogP contribution in [0.3, 0.4) is 0 Å². The van der Waals surface area contributed by atoms with Crippen molar-refractivity contribution in [2.45, 2.75) is 44.6 Å². The summed E-state index contributed by atoms with van der Waals surface area (Å²) in [5.41, 5.74) is 0.450. The molecular weight excluding hydrogens is 444 g/mol. The molecule has 184 valence electrons. The van der Waals surface area contributed by atoms with Gasteiger partial charge in [0.1, 0.15) is 0 Å². The number of rotatable bonds is 8. The van der Waals surface area contributed by atoms with Gasteiger partial charge in [-0.3, -0.25) is 14.5 Å². The first kappa shape index (κ1) is 25.6. The summed E-state index contributed by atoms with van der Waals surface area (Å²) in [6.45, 7) is 9.14. The Kier molecular flexibility index (Phi) is 8.86. The van der Waals surface area contributed by atoms with Gasteiger partial charge in [0, 0.05) is 30.7 Å². The lowest BCUT2D eigenvalue weighted by Gasteiger charge is -2.31. The molecule has 2 fully saturated rings. The number of amides is 2. The summed E-state index contributed by atoms with van der Waals surface area (Å²) in [6.07, 6.45) is 1.44. The highest BCUT2D eigenvalue weighted by molar-refractivity contribution is 7.89. The molecule has 0 spiro atoms. The van der Waals surface area contributed by atoms with Gasteiger partial charge < -0.3 is 15.4 Å². The van der Waals surface area contributed by atoms with Gasteiger partial charge in [-0.1, -0.05) is 19.9 Å². The first-order valence-corrected chi connectivity index (χ1v) is 13.1. The number of hydrogen-bond acceptors (Lipinski definition) is 6. The second-order valence-corrected chi connectivity index (χ2v) is 11.1. The molecule has 0 aromatic heterocycles. The molecule has 1 aromatic rings.